The third-order valence-corrected chi connectivity index (χ3v) is 4.25. The summed E-state index contributed by atoms with van der Waals surface area (Å²) in [5, 5.41) is 17.2. The first kappa shape index (κ1) is 14.5. The number of carboxylic acids is 1. The van der Waals surface area contributed by atoms with Crippen molar-refractivity contribution in [1.82, 2.24) is 5.32 Å². The molecule has 0 aliphatic rings. The van der Waals surface area contributed by atoms with Crippen molar-refractivity contribution in [3.05, 3.63) is 50.4 Å². The van der Waals surface area contributed by atoms with Crippen LogP contribution in [0.4, 0.5) is 0 Å². The molecule has 4 nitrogen and oxygen atoms in total. The third-order valence-electron chi connectivity index (χ3n) is 2.58. The summed E-state index contributed by atoms with van der Waals surface area (Å²) < 4.78 is 0. The van der Waals surface area contributed by atoms with E-state index in [9.17, 15) is 9.59 Å². The van der Waals surface area contributed by atoms with Crippen molar-refractivity contribution in [2.24, 2.45) is 0 Å². The lowest BCUT2D eigenvalue weighted by Crippen LogP contribution is -2.24. The molecule has 2 aromatic rings. The number of thiophene rings is 2. The van der Waals surface area contributed by atoms with Crippen LogP contribution in [0.5, 0.6) is 0 Å². The largest absolute Gasteiger partial charge is 0.478 e. The lowest BCUT2D eigenvalue weighted by Gasteiger charge is -2.04. The summed E-state index contributed by atoms with van der Waals surface area (Å²) in [5.41, 5.74) is 1.83. The summed E-state index contributed by atoms with van der Waals surface area (Å²) in [6.45, 7) is 0.417. The first-order valence-electron chi connectivity index (χ1n) is 5.90. The van der Waals surface area contributed by atoms with Crippen LogP contribution in [0.25, 0.3) is 6.08 Å². The van der Waals surface area contributed by atoms with Crippen LogP contribution in [0.2, 0.25) is 0 Å². The molecule has 0 aromatic carbocycles. The van der Waals surface area contributed by atoms with E-state index < -0.39 is 5.97 Å². The molecule has 0 bridgehead atoms. The van der Waals surface area contributed by atoms with Crippen LogP contribution in [0, 0.1) is 0 Å². The highest BCUT2D eigenvalue weighted by molar-refractivity contribution is 7.10. The fourth-order valence-corrected chi connectivity index (χ4v) is 3.10. The highest BCUT2D eigenvalue weighted by atomic mass is 32.1. The molecule has 0 aliphatic carbocycles. The van der Waals surface area contributed by atoms with E-state index in [0.717, 1.165) is 22.1 Å². The molecular weight excluding hydrogens is 294 g/mol. The van der Waals surface area contributed by atoms with Crippen molar-refractivity contribution >= 4 is 40.6 Å². The Labute approximate surface area is 124 Å². The van der Waals surface area contributed by atoms with Gasteiger partial charge in [-0.15, -0.1) is 11.3 Å². The van der Waals surface area contributed by atoms with E-state index in [1.807, 2.05) is 28.3 Å². The number of rotatable bonds is 6. The minimum atomic E-state index is -0.983. The van der Waals surface area contributed by atoms with Gasteiger partial charge in [-0.05, 0) is 45.5 Å². The molecule has 0 aliphatic heterocycles. The summed E-state index contributed by atoms with van der Waals surface area (Å²) in [4.78, 5) is 23.2. The van der Waals surface area contributed by atoms with Crippen molar-refractivity contribution in [3.63, 3.8) is 0 Å². The summed E-state index contributed by atoms with van der Waals surface area (Å²) in [6.07, 6.45) is 3.01. The van der Waals surface area contributed by atoms with Crippen LogP contribution in [0.1, 0.15) is 16.0 Å². The highest BCUT2D eigenvalue weighted by Gasteiger charge is 2.06. The number of aliphatic carboxylic acids is 1. The molecule has 0 saturated carbocycles. The number of hydrogen-bond donors (Lipinski definition) is 2. The Kier molecular flexibility index (Phi) is 5.09. The highest BCUT2D eigenvalue weighted by Crippen LogP contribution is 2.18. The summed E-state index contributed by atoms with van der Waals surface area (Å²) in [7, 11) is 0. The molecule has 1 amide bonds. The van der Waals surface area contributed by atoms with Crippen LogP contribution in [0.15, 0.2) is 34.3 Å². The number of carbonyl (C=O) groups is 2. The van der Waals surface area contributed by atoms with Crippen LogP contribution in [0.3, 0.4) is 0 Å². The normalized spacial score (nSPS) is 10.8. The van der Waals surface area contributed by atoms with Crippen molar-refractivity contribution < 1.29 is 14.7 Å². The van der Waals surface area contributed by atoms with Gasteiger partial charge in [0.15, 0.2) is 0 Å². The first-order chi connectivity index (χ1) is 9.65. The summed E-state index contributed by atoms with van der Waals surface area (Å²) >= 11 is 3.06. The Balaban J connectivity index is 1.89. The second-order valence-electron chi connectivity index (χ2n) is 4.06. The van der Waals surface area contributed by atoms with E-state index >= 15 is 0 Å². The quantitative estimate of drug-likeness (QED) is 0.806. The molecule has 0 unspecified atom stereocenters. The minimum Gasteiger partial charge on any atom is -0.478 e. The van der Waals surface area contributed by atoms with Crippen LogP contribution < -0.4 is 5.32 Å². The van der Waals surface area contributed by atoms with Gasteiger partial charge in [0.25, 0.3) is 0 Å². The van der Waals surface area contributed by atoms with Gasteiger partial charge < -0.3 is 10.4 Å². The molecule has 0 saturated heterocycles. The van der Waals surface area contributed by atoms with Gasteiger partial charge in [0.05, 0.1) is 13.0 Å². The molecule has 0 atom stereocenters. The lowest BCUT2D eigenvalue weighted by atomic mass is 10.2. The van der Waals surface area contributed by atoms with Crippen LogP contribution >= 0.6 is 22.7 Å². The second-order valence-corrected chi connectivity index (χ2v) is 5.84. The number of nitrogens with one attached hydrogen (secondary N) is 1. The number of carboxylic acid groups (broad SMARTS) is 1. The predicted molar refractivity (Wildman–Crippen MR) is 80.9 cm³/mol. The molecule has 6 heteroatoms. The number of hydrogen-bond acceptors (Lipinski definition) is 4. The first-order valence-corrected chi connectivity index (χ1v) is 7.72. The van der Waals surface area contributed by atoms with Crippen molar-refractivity contribution in [2.45, 2.75) is 13.0 Å². The molecule has 2 aromatic heterocycles. The van der Waals surface area contributed by atoms with Gasteiger partial charge in [-0.1, -0.05) is 0 Å². The summed E-state index contributed by atoms with van der Waals surface area (Å²) in [5.74, 6) is -1.02. The van der Waals surface area contributed by atoms with E-state index in [0.29, 0.717) is 13.0 Å². The van der Waals surface area contributed by atoms with Gasteiger partial charge in [0.2, 0.25) is 5.91 Å². The van der Waals surface area contributed by atoms with E-state index in [2.05, 4.69) is 5.32 Å². The van der Waals surface area contributed by atoms with Gasteiger partial charge in [-0.2, -0.15) is 11.3 Å². The van der Waals surface area contributed by atoms with E-state index in [-0.39, 0.29) is 5.91 Å². The van der Waals surface area contributed by atoms with E-state index in [1.54, 1.807) is 17.4 Å². The average Bonchev–Trinajstić information content (AvgIpc) is 3.04. The zero-order chi connectivity index (χ0) is 14.4. The molecular formula is C14H13NO3S2. The molecule has 104 valence electrons. The van der Waals surface area contributed by atoms with Crippen molar-refractivity contribution in [1.29, 1.82) is 0 Å². The monoisotopic (exact) mass is 307 g/mol. The minimum absolute atomic E-state index is 0.0371. The van der Waals surface area contributed by atoms with Crippen molar-refractivity contribution in [3.8, 4) is 0 Å². The Morgan fingerprint density at radius 3 is 2.85 bits per heavy atom. The van der Waals surface area contributed by atoms with Gasteiger partial charge >= 0.3 is 5.97 Å². The summed E-state index contributed by atoms with van der Waals surface area (Å²) in [6, 6.07) is 3.76. The SMILES string of the molecule is O=C(O)/C=C/c1ccsc1CNC(=O)Cc1ccsc1. The maximum atomic E-state index is 11.8. The van der Waals surface area contributed by atoms with Gasteiger partial charge in [0, 0.05) is 11.0 Å². The van der Waals surface area contributed by atoms with E-state index in [4.69, 9.17) is 5.11 Å². The van der Waals surface area contributed by atoms with Crippen LogP contribution in [-0.2, 0) is 22.6 Å². The van der Waals surface area contributed by atoms with Gasteiger partial charge in [-0.25, -0.2) is 4.79 Å². The van der Waals surface area contributed by atoms with Gasteiger partial charge in [-0.3, -0.25) is 4.79 Å². The number of carbonyl (C=O) groups excluding carboxylic acids is 1. The molecule has 0 spiro atoms. The maximum Gasteiger partial charge on any atom is 0.328 e. The molecule has 0 fully saturated rings. The number of amides is 1. The zero-order valence-electron chi connectivity index (χ0n) is 10.5. The molecule has 2 rings (SSSR count). The van der Waals surface area contributed by atoms with Crippen molar-refractivity contribution in [2.75, 3.05) is 0 Å². The fraction of sp³-hybridized carbons (Fsp3) is 0.143. The standard InChI is InChI=1S/C14H13NO3S2/c16-13(7-10-3-5-19-9-10)15-8-12-11(4-6-20-12)1-2-14(17)18/h1-6,9H,7-8H2,(H,15,16)(H,17,18)/b2-1+. The molecule has 0 radical (unpaired) electrons. The fourth-order valence-electron chi connectivity index (χ4n) is 1.62. The Hall–Kier alpha value is -1.92. The smallest absolute Gasteiger partial charge is 0.328 e. The molecule has 2 heterocycles. The maximum absolute atomic E-state index is 11.8. The predicted octanol–water partition coefficient (Wildman–Crippen LogP) is 2.77. The van der Waals surface area contributed by atoms with Crippen LogP contribution in [-0.4, -0.2) is 17.0 Å². The molecule has 2 N–H and O–H groups in total. The second kappa shape index (κ2) is 7.02. The topological polar surface area (TPSA) is 66.4 Å². The Bertz CT molecular complexity index is 614. The lowest BCUT2D eigenvalue weighted by molar-refractivity contribution is -0.131. The third kappa shape index (κ3) is 4.32. The van der Waals surface area contributed by atoms with E-state index in [1.165, 1.54) is 11.3 Å². The Morgan fingerprint density at radius 1 is 1.30 bits per heavy atom. The van der Waals surface area contributed by atoms with Gasteiger partial charge in [0.1, 0.15) is 0 Å². The average molecular weight is 307 g/mol. The zero-order valence-corrected chi connectivity index (χ0v) is 12.2. The Morgan fingerprint density at radius 2 is 2.15 bits per heavy atom. The molecule has 20 heavy (non-hydrogen) atoms.